The molecule has 0 fully saturated rings. The molecule has 0 heterocycles. The third-order valence-corrected chi connectivity index (χ3v) is 4.32. The van der Waals surface area contributed by atoms with Gasteiger partial charge in [-0.3, -0.25) is 0 Å². The summed E-state index contributed by atoms with van der Waals surface area (Å²) in [5, 5.41) is 0. The first-order valence-corrected chi connectivity index (χ1v) is 7.56. The summed E-state index contributed by atoms with van der Waals surface area (Å²) in [6.07, 6.45) is 8.58. The highest BCUT2D eigenvalue weighted by Gasteiger charge is 2.17. The van der Waals surface area contributed by atoms with Crippen molar-refractivity contribution in [1.82, 2.24) is 0 Å². The van der Waals surface area contributed by atoms with Crippen molar-refractivity contribution >= 4 is 5.57 Å². The number of rotatable bonds is 3. The minimum absolute atomic E-state index is 0.701. The van der Waals surface area contributed by atoms with E-state index >= 15 is 0 Å². The van der Waals surface area contributed by atoms with E-state index in [2.05, 4.69) is 51.6 Å². The van der Waals surface area contributed by atoms with E-state index in [1.165, 1.54) is 47.9 Å². The van der Waals surface area contributed by atoms with Crippen molar-refractivity contribution in [1.29, 1.82) is 0 Å². The summed E-state index contributed by atoms with van der Waals surface area (Å²) >= 11 is 0. The van der Waals surface area contributed by atoms with E-state index in [-0.39, 0.29) is 0 Å². The Hall–Kier alpha value is -1.30. The lowest BCUT2D eigenvalue weighted by molar-refractivity contribution is 0.597. The Morgan fingerprint density at radius 1 is 1.32 bits per heavy atom. The Labute approximate surface area is 118 Å². The first-order chi connectivity index (χ1) is 9.11. The zero-order valence-corrected chi connectivity index (χ0v) is 12.6. The molecule has 0 saturated heterocycles. The van der Waals surface area contributed by atoms with Crippen LogP contribution >= 0.6 is 0 Å². The second-order valence-electron chi connectivity index (χ2n) is 5.92. The van der Waals surface area contributed by atoms with Gasteiger partial charge < -0.3 is 0 Å². The molecule has 102 valence electrons. The number of allylic oxidation sites excluding steroid dienone is 3. The van der Waals surface area contributed by atoms with Crippen molar-refractivity contribution in [2.75, 3.05) is 0 Å². The van der Waals surface area contributed by atoms with Crippen molar-refractivity contribution in [3.8, 4) is 0 Å². The molecule has 1 aliphatic rings. The molecule has 2 rings (SSSR count). The van der Waals surface area contributed by atoms with Crippen molar-refractivity contribution < 1.29 is 0 Å². The van der Waals surface area contributed by atoms with Gasteiger partial charge in [0.2, 0.25) is 0 Å². The van der Waals surface area contributed by atoms with E-state index in [0.29, 0.717) is 5.92 Å². The lowest BCUT2D eigenvalue weighted by Gasteiger charge is -2.20. The quantitative estimate of drug-likeness (QED) is 0.590. The van der Waals surface area contributed by atoms with Crippen LogP contribution in [0, 0.1) is 0 Å². The lowest BCUT2D eigenvalue weighted by Crippen LogP contribution is -2.03. The summed E-state index contributed by atoms with van der Waals surface area (Å²) < 4.78 is 0. The molecule has 0 spiro atoms. The highest BCUT2D eigenvalue weighted by Crippen LogP contribution is 2.35. The summed E-state index contributed by atoms with van der Waals surface area (Å²) in [7, 11) is 0. The summed E-state index contributed by atoms with van der Waals surface area (Å²) in [5.74, 6) is 0.701. The number of aryl methyl sites for hydroxylation is 1. The van der Waals surface area contributed by atoms with Crippen LogP contribution in [0.1, 0.15) is 69.1 Å². The largest absolute Gasteiger partial charge is 0.0955 e. The molecular weight excluding hydrogens is 228 g/mol. The van der Waals surface area contributed by atoms with Gasteiger partial charge in [0.1, 0.15) is 0 Å². The molecular formula is C19H26. The number of hydrogen-bond acceptors (Lipinski definition) is 0. The van der Waals surface area contributed by atoms with Crippen LogP contribution in [-0.4, -0.2) is 0 Å². The molecule has 1 aromatic rings. The summed E-state index contributed by atoms with van der Waals surface area (Å²) in [6.45, 7) is 10.8. The van der Waals surface area contributed by atoms with Crippen LogP contribution in [-0.2, 0) is 6.42 Å². The maximum absolute atomic E-state index is 4.16. The summed E-state index contributed by atoms with van der Waals surface area (Å²) in [5.41, 5.74) is 7.13. The first kappa shape index (κ1) is 14.1. The number of benzene rings is 1. The Kier molecular flexibility index (Phi) is 4.63. The molecule has 19 heavy (non-hydrogen) atoms. The normalized spacial score (nSPS) is 19.7. The first-order valence-electron chi connectivity index (χ1n) is 7.56. The zero-order valence-electron chi connectivity index (χ0n) is 12.6. The predicted molar refractivity (Wildman–Crippen MR) is 85.5 cm³/mol. The summed E-state index contributed by atoms with van der Waals surface area (Å²) in [4.78, 5) is 0. The van der Waals surface area contributed by atoms with E-state index in [4.69, 9.17) is 0 Å². The van der Waals surface area contributed by atoms with Gasteiger partial charge in [-0.2, -0.15) is 0 Å². The maximum Gasteiger partial charge on any atom is -0.0150 e. The minimum atomic E-state index is 0.701. The van der Waals surface area contributed by atoms with Gasteiger partial charge in [-0.05, 0) is 68.6 Å². The molecule has 0 amide bonds. The second-order valence-corrected chi connectivity index (χ2v) is 5.92. The second kappa shape index (κ2) is 6.23. The average Bonchev–Trinajstić information content (AvgIpc) is 2.62. The van der Waals surface area contributed by atoms with Crippen molar-refractivity contribution in [3.63, 3.8) is 0 Å². The Balaban J connectivity index is 2.33. The molecule has 0 heteroatoms. The average molecular weight is 254 g/mol. The molecule has 0 N–H and O–H groups in total. The lowest BCUT2D eigenvalue weighted by atomic mass is 9.85. The molecule has 0 aliphatic heterocycles. The van der Waals surface area contributed by atoms with Gasteiger partial charge >= 0.3 is 0 Å². The van der Waals surface area contributed by atoms with Crippen LogP contribution in [0.2, 0.25) is 0 Å². The van der Waals surface area contributed by atoms with Gasteiger partial charge in [0.25, 0.3) is 0 Å². The van der Waals surface area contributed by atoms with E-state index in [1.807, 2.05) is 0 Å². The van der Waals surface area contributed by atoms with Gasteiger partial charge in [0, 0.05) is 0 Å². The van der Waals surface area contributed by atoms with Crippen LogP contribution in [0.5, 0.6) is 0 Å². The molecule has 0 nitrogen and oxygen atoms in total. The Morgan fingerprint density at radius 2 is 2.11 bits per heavy atom. The fourth-order valence-electron chi connectivity index (χ4n) is 3.05. The third-order valence-electron chi connectivity index (χ3n) is 4.32. The number of hydrogen-bond donors (Lipinski definition) is 0. The highest BCUT2D eigenvalue weighted by molar-refractivity contribution is 5.65. The van der Waals surface area contributed by atoms with E-state index in [0.717, 1.165) is 6.42 Å². The van der Waals surface area contributed by atoms with Crippen LogP contribution in [0.3, 0.4) is 0 Å². The SMILES string of the molecule is C=C(C)c1ccc(CC)cc1C1CCC=C(C)CC1. The molecule has 0 bridgehead atoms. The molecule has 1 unspecified atom stereocenters. The molecule has 1 aromatic carbocycles. The smallest absolute Gasteiger partial charge is 0.0150 e. The van der Waals surface area contributed by atoms with E-state index < -0.39 is 0 Å². The fraction of sp³-hybridized carbons (Fsp3) is 0.474. The fourth-order valence-corrected chi connectivity index (χ4v) is 3.05. The zero-order chi connectivity index (χ0) is 13.8. The standard InChI is InChI=1S/C19H26/c1-5-16-10-12-18(14(2)3)19(13-16)17-8-6-7-15(4)9-11-17/h7,10,12-13,17H,2,5-6,8-9,11H2,1,3-4H3. The topological polar surface area (TPSA) is 0 Å². The van der Waals surface area contributed by atoms with Crippen LogP contribution < -0.4 is 0 Å². The van der Waals surface area contributed by atoms with E-state index in [9.17, 15) is 0 Å². The summed E-state index contributed by atoms with van der Waals surface area (Å²) in [6, 6.07) is 6.96. The van der Waals surface area contributed by atoms with Crippen LogP contribution in [0.15, 0.2) is 36.4 Å². The minimum Gasteiger partial charge on any atom is -0.0955 e. The monoisotopic (exact) mass is 254 g/mol. The molecule has 0 radical (unpaired) electrons. The molecule has 1 atom stereocenters. The third kappa shape index (κ3) is 3.37. The van der Waals surface area contributed by atoms with E-state index in [1.54, 1.807) is 5.57 Å². The maximum atomic E-state index is 4.16. The van der Waals surface area contributed by atoms with Gasteiger partial charge in [0.05, 0.1) is 0 Å². The van der Waals surface area contributed by atoms with Crippen molar-refractivity contribution in [3.05, 3.63) is 53.1 Å². The van der Waals surface area contributed by atoms with Crippen LogP contribution in [0.25, 0.3) is 5.57 Å². The van der Waals surface area contributed by atoms with Gasteiger partial charge in [0.15, 0.2) is 0 Å². The predicted octanol–water partition coefficient (Wildman–Crippen LogP) is 5.89. The Morgan fingerprint density at radius 3 is 2.79 bits per heavy atom. The van der Waals surface area contributed by atoms with Gasteiger partial charge in [-0.25, -0.2) is 0 Å². The van der Waals surface area contributed by atoms with Crippen molar-refractivity contribution in [2.45, 2.75) is 58.8 Å². The molecule has 1 aliphatic carbocycles. The van der Waals surface area contributed by atoms with Crippen LogP contribution in [0.4, 0.5) is 0 Å². The highest BCUT2D eigenvalue weighted by atomic mass is 14.2. The Bertz CT molecular complexity index is 491. The van der Waals surface area contributed by atoms with Gasteiger partial charge in [-0.15, -0.1) is 0 Å². The molecule has 0 saturated carbocycles. The molecule has 0 aromatic heterocycles. The van der Waals surface area contributed by atoms with Crippen molar-refractivity contribution in [2.24, 2.45) is 0 Å². The van der Waals surface area contributed by atoms with Gasteiger partial charge in [-0.1, -0.05) is 48.9 Å².